The van der Waals surface area contributed by atoms with Crippen LogP contribution in [0.5, 0.6) is 0 Å². The molecule has 1 aromatic heterocycles. The van der Waals surface area contributed by atoms with Crippen LogP contribution in [0.1, 0.15) is 24.1 Å². The first-order valence-corrected chi connectivity index (χ1v) is 14.3. The first-order valence-electron chi connectivity index (χ1n) is 13.6. The van der Waals surface area contributed by atoms with E-state index in [1.165, 1.54) is 0 Å². The van der Waals surface area contributed by atoms with Gasteiger partial charge in [-0.05, 0) is 48.4 Å². The van der Waals surface area contributed by atoms with Gasteiger partial charge in [-0.3, -0.25) is 9.59 Å². The van der Waals surface area contributed by atoms with Crippen molar-refractivity contribution in [1.82, 2.24) is 20.0 Å². The van der Waals surface area contributed by atoms with E-state index >= 15 is 0 Å². The van der Waals surface area contributed by atoms with Crippen molar-refractivity contribution in [3.05, 3.63) is 112 Å². The fraction of sp³-hybridized carbons (Fsp3) is 0.250. The second-order valence-electron chi connectivity index (χ2n) is 10.0. The molecule has 9 heteroatoms. The van der Waals surface area contributed by atoms with E-state index < -0.39 is 0 Å². The first-order chi connectivity index (χ1) is 19.9. The van der Waals surface area contributed by atoms with Gasteiger partial charge in [-0.25, -0.2) is 0 Å². The molecule has 0 unspecified atom stereocenters. The standard InChI is InChI=1S/C32H31Cl2N5O2/c1-23(25-10-6-3-7-11-25)39(31(40)20-24-8-4-2-5-9-24)22-32(41)38-18-16-37(17-19-38)30-15-14-29(35-36-30)27-13-12-26(33)21-28(27)34/h2-15,21,23H,16-20,22H2,1H3/t23-/m0/s1. The molecule has 2 heterocycles. The predicted octanol–water partition coefficient (Wildman–Crippen LogP) is 5.93. The van der Waals surface area contributed by atoms with Crippen LogP contribution in [0, 0.1) is 0 Å². The number of aromatic nitrogens is 2. The minimum Gasteiger partial charge on any atom is -0.352 e. The summed E-state index contributed by atoms with van der Waals surface area (Å²) in [6.45, 7) is 4.31. The molecule has 2 amide bonds. The van der Waals surface area contributed by atoms with E-state index in [1.807, 2.05) is 90.7 Å². The number of carbonyl (C=O) groups is 2. The number of rotatable bonds is 8. The maximum absolute atomic E-state index is 13.5. The van der Waals surface area contributed by atoms with Crippen LogP contribution in [0.2, 0.25) is 10.0 Å². The van der Waals surface area contributed by atoms with Crippen molar-refractivity contribution >= 4 is 40.8 Å². The van der Waals surface area contributed by atoms with E-state index in [4.69, 9.17) is 23.2 Å². The molecule has 4 aromatic rings. The molecule has 1 aliphatic rings. The third-order valence-electron chi connectivity index (χ3n) is 7.39. The topological polar surface area (TPSA) is 69.6 Å². The van der Waals surface area contributed by atoms with Crippen molar-refractivity contribution < 1.29 is 9.59 Å². The highest BCUT2D eigenvalue weighted by Gasteiger charge is 2.28. The number of anilines is 1. The SMILES string of the molecule is C[C@@H](c1ccccc1)N(CC(=O)N1CCN(c2ccc(-c3ccc(Cl)cc3Cl)nn2)CC1)C(=O)Cc1ccccc1. The van der Waals surface area contributed by atoms with Gasteiger partial charge in [0.05, 0.1) is 23.2 Å². The van der Waals surface area contributed by atoms with E-state index in [9.17, 15) is 9.59 Å². The maximum atomic E-state index is 13.5. The molecule has 0 radical (unpaired) electrons. The van der Waals surface area contributed by atoms with Crippen molar-refractivity contribution in [2.75, 3.05) is 37.6 Å². The van der Waals surface area contributed by atoms with Crippen molar-refractivity contribution in [1.29, 1.82) is 0 Å². The second kappa shape index (κ2) is 13.1. The lowest BCUT2D eigenvalue weighted by Crippen LogP contribution is -2.52. The molecular weight excluding hydrogens is 557 g/mol. The molecule has 5 rings (SSSR count). The van der Waals surface area contributed by atoms with Crippen molar-refractivity contribution in [3.63, 3.8) is 0 Å². The molecule has 7 nitrogen and oxygen atoms in total. The largest absolute Gasteiger partial charge is 0.352 e. The molecule has 0 saturated carbocycles. The van der Waals surface area contributed by atoms with Crippen molar-refractivity contribution in [3.8, 4) is 11.3 Å². The van der Waals surface area contributed by atoms with Gasteiger partial charge in [0.15, 0.2) is 5.82 Å². The molecule has 0 N–H and O–H groups in total. The molecule has 1 atom stereocenters. The van der Waals surface area contributed by atoms with Crippen molar-refractivity contribution in [2.45, 2.75) is 19.4 Å². The van der Waals surface area contributed by atoms with Gasteiger partial charge in [0, 0.05) is 36.8 Å². The summed E-state index contributed by atoms with van der Waals surface area (Å²) >= 11 is 12.3. The summed E-state index contributed by atoms with van der Waals surface area (Å²) in [6, 6.07) is 28.3. The molecule has 1 saturated heterocycles. The molecule has 210 valence electrons. The fourth-order valence-corrected chi connectivity index (χ4v) is 5.50. The van der Waals surface area contributed by atoms with Gasteiger partial charge in [0.25, 0.3) is 0 Å². The zero-order valence-electron chi connectivity index (χ0n) is 22.8. The Hall–Kier alpha value is -3.94. The van der Waals surface area contributed by atoms with Gasteiger partial charge < -0.3 is 14.7 Å². The molecule has 1 aliphatic heterocycles. The summed E-state index contributed by atoms with van der Waals surface area (Å²) < 4.78 is 0. The molecule has 41 heavy (non-hydrogen) atoms. The van der Waals surface area contributed by atoms with Crippen LogP contribution in [0.15, 0.2) is 91.0 Å². The molecule has 0 spiro atoms. The van der Waals surface area contributed by atoms with E-state index in [0.717, 1.165) is 22.5 Å². The summed E-state index contributed by atoms with van der Waals surface area (Å²) in [5.74, 6) is 0.603. The number of amides is 2. The van der Waals surface area contributed by atoms with Crippen LogP contribution in [-0.4, -0.2) is 64.5 Å². The first kappa shape index (κ1) is 28.6. The van der Waals surface area contributed by atoms with Crippen LogP contribution in [0.25, 0.3) is 11.3 Å². The Morgan fingerprint density at radius 1 is 0.854 bits per heavy atom. The minimum atomic E-state index is -0.236. The lowest BCUT2D eigenvalue weighted by Gasteiger charge is -2.37. The van der Waals surface area contributed by atoms with Crippen molar-refractivity contribution in [2.24, 2.45) is 0 Å². The highest BCUT2D eigenvalue weighted by atomic mass is 35.5. The quantitative estimate of drug-likeness (QED) is 0.255. The minimum absolute atomic E-state index is 0.0259. The number of nitrogens with zero attached hydrogens (tertiary/aromatic N) is 5. The third kappa shape index (κ3) is 7.04. The Labute approximate surface area is 250 Å². The van der Waals surface area contributed by atoms with E-state index in [0.29, 0.717) is 41.9 Å². The molecule has 3 aromatic carbocycles. The maximum Gasteiger partial charge on any atom is 0.242 e. The fourth-order valence-electron chi connectivity index (χ4n) is 4.99. The Kier molecular flexibility index (Phi) is 9.17. The zero-order chi connectivity index (χ0) is 28.8. The highest BCUT2D eigenvalue weighted by Crippen LogP contribution is 2.29. The van der Waals surface area contributed by atoms with Gasteiger partial charge in [-0.15, -0.1) is 10.2 Å². The average Bonchev–Trinajstić information content (AvgIpc) is 3.00. The smallest absolute Gasteiger partial charge is 0.242 e. The summed E-state index contributed by atoms with van der Waals surface area (Å²) in [6.07, 6.45) is 0.245. The number of carbonyl (C=O) groups excluding carboxylic acids is 2. The molecule has 0 bridgehead atoms. The summed E-state index contributed by atoms with van der Waals surface area (Å²) in [5.41, 5.74) is 3.35. The second-order valence-corrected chi connectivity index (χ2v) is 10.9. The Morgan fingerprint density at radius 2 is 1.54 bits per heavy atom. The third-order valence-corrected chi connectivity index (χ3v) is 7.94. The van der Waals surface area contributed by atoms with Gasteiger partial charge in [0.1, 0.15) is 6.54 Å². The van der Waals surface area contributed by atoms with Crippen LogP contribution in [0.3, 0.4) is 0 Å². The number of halogens is 2. The Bertz CT molecular complexity index is 1480. The summed E-state index contributed by atoms with van der Waals surface area (Å²) in [7, 11) is 0. The summed E-state index contributed by atoms with van der Waals surface area (Å²) in [4.78, 5) is 32.6. The van der Waals surface area contributed by atoms with E-state index in [1.54, 1.807) is 17.0 Å². The predicted molar refractivity (Wildman–Crippen MR) is 163 cm³/mol. The molecular formula is C32H31Cl2N5O2. The highest BCUT2D eigenvalue weighted by molar-refractivity contribution is 6.36. The van der Waals surface area contributed by atoms with Gasteiger partial charge in [-0.2, -0.15) is 0 Å². The molecule has 1 fully saturated rings. The average molecular weight is 589 g/mol. The Morgan fingerprint density at radius 3 is 2.17 bits per heavy atom. The molecule has 0 aliphatic carbocycles. The number of benzene rings is 3. The van der Waals surface area contributed by atoms with E-state index in [-0.39, 0.29) is 30.8 Å². The monoisotopic (exact) mass is 587 g/mol. The summed E-state index contributed by atoms with van der Waals surface area (Å²) in [5, 5.41) is 9.86. The van der Waals surface area contributed by atoms with Gasteiger partial charge in [-0.1, -0.05) is 83.9 Å². The van der Waals surface area contributed by atoms with Crippen LogP contribution < -0.4 is 4.90 Å². The number of hydrogen-bond acceptors (Lipinski definition) is 5. The zero-order valence-corrected chi connectivity index (χ0v) is 24.3. The number of hydrogen-bond donors (Lipinski definition) is 0. The normalized spacial score (nSPS) is 14.0. The van der Waals surface area contributed by atoms with Crippen LogP contribution in [-0.2, 0) is 16.0 Å². The van der Waals surface area contributed by atoms with Gasteiger partial charge in [0.2, 0.25) is 11.8 Å². The van der Waals surface area contributed by atoms with Crippen LogP contribution in [0.4, 0.5) is 5.82 Å². The number of piperazine rings is 1. The van der Waals surface area contributed by atoms with E-state index in [2.05, 4.69) is 15.1 Å². The lowest BCUT2D eigenvalue weighted by atomic mass is 10.0. The van der Waals surface area contributed by atoms with Gasteiger partial charge >= 0.3 is 0 Å². The Balaban J connectivity index is 1.22. The lowest BCUT2D eigenvalue weighted by molar-refractivity contribution is -0.142. The van der Waals surface area contributed by atoms with Crippen LogP contribution >= 0.6 is 23.2 Å².